The zero-order valence-corrected chi connectivity index (χ0v) is 14.5. The molecule has 1 unspecified atom stereocenters. The van der Waals surface area contributed by atoms with Crippen molar-refractivity contribution in [2.75, 3.05) is 6.54 Å². The Hall–Kier alpha value is -1.88. The topological polar surface area (TPSA) is 69.6 Å². The molecule has 2 saturated carbocycles. The van der Waals surface area contributed by atoms with Gasteiger partial charge in [-0.05, 0) is 44.1 Å². The molecule has 3 fully saturated rings. The summed E-state index contributed by atoms with van der Waals surface area (Å²) >= 11 is 0. The lowest BCUT2D eigenvalue weighted by atomic mass is 9.68. The molecule has 1 spiro atoms. The van der Waals surface area contributed by atoms with Crippen molar-refractivity contribution in [2.24, 2.45) is 5.41 Å². The van der Waals surface area contributed by atoms with E-state index in [0.29, 0.717) is 12.8 Å². The minimum atomic E-state index is -1.17. The van der Waals surface area contributed by atoms with Crippen molar-refractivity contribution >= 4 is 11.9 Å². The largest absolute Gasteiger partial charge is 0.480 e. The van der Waals surface area contributed by atoms with E-state index in [0.717, 1.165) is 25.9 Å². The highest BCUT2D eigenvalue weighted by atomic mass is 16.4. The van der Waals surface area contributed by atoms with Crippen molar-refractivity contribution in [1.82, 2.24) is 10.2 Å². The average molecular weight is 342 g/mol. The van der Waals surface area contributed by atoms with E-state index in [9.17, 15) is 14.7 Å². The number of likely N-dealkylation sites (tertiary alicyclic amines) is 1. The lowest BCUT2D eigenvalue weighted by Crippen LogP contribution is -2.53. The van der Waals surface area contributed by atoms with Gasteiger partial charge in [0.1, 0.15) is 5.41 Å². The van der Waals surface area contributed by atoms with E-state index in [4.69, 9.17) is 0 Å². The second-order valence-corrected chi connectivity index (χ2v) is 8.06. The minimum Gasteiger partial charge on any atom is -0.480 e. The van der Waals surface area contributed by atoms with Crippen molar-refractivity contribution < 1.29 is 14.7 Å². The normalized spacial score (nSPS) is 26.6. The first-order chi connectivity index (χ1) is 12.0. The molecule has 0 radical (unpaired) electrons. The quantitative estimate of drug-likeness (QED) is 0.807. The molecule has 0 bridgehead atoms. The van der Waals surface area contributed by atoms with E-state index < -0.39 is 11.4 Å². The number of carboxylic acid groups (broad SMARTS) is 1. The summed E-state index contributed by atoms with van der Waals surface area (Å²) in [6.45, 7) is 1.72. The molecule has 2 aliphatic carbocycles. The molecule has 1 aromatic rings. The third-order valence-corrected chi connectivity index (χ3v) is 6.62. The van der Waals surface area contributed by atoms with Gasteiger partial charge in [0.05, 0.1) is 0 Å². The molecule has 3 aliphatic rings. The van der Waals surface area contributed by atoms with Gasteiger partial charge in [-0.25, -0.2) is 0 Å². The molecule has 1 atom stereocenters. The molecule has 0 aromatic heterocycles. The van der Waals surface area contributed by atoms with Crippen LogP contribution in [0.15, 0.2) is 30.3 Å². The number of aliphatic carboxylic acids is 1. The number of carbonyl (C=O) groups excluding carboxylic acids is 1. The molecular weight excluding hydrogens is 316 g/mol. The molecule has 25 heavy (non-hydrogen) atoms. The summed E-state index contributed by atoms with van der Waals surface area (Å²) in [5.74, 6) is -1.24. The van der Waals surface area contributed by atoms with Gasteiger partial charge in [-0.2, -0.15) is 0 Å². The highest BCUT2D eigenvalue weighted by molar-refractivity contribution is 6.03. The van der Waals surface area contributed by atoms with E-state index in [1.54, 1.807) is 0 Å². The van der Waals surface area contributed by atoms with Crippen LogP contribution in [-0.4, -0.2) is 40.0 Å². The number of nitrogens with zero attached hydrogens (tertiary/aromatic N) is 1. The molecule has 1 aromatic carbocycles. The van der Waals surface area contributed by atoms with E-state index in [1.807, 2.05) is 6.07 Å². The molecule has 1 heterocycles. The van der Waals surface area contributed by atoms with Crippen LogP contribution in [0.1, 0.15) is 50.5 Å². The lowest BCUT2D eigenvalue weighted by Gasteiger charge is -2.46. The second kappa shape index (κ2) is 6.13. The zero-order valence-electron chi connectivity index (χ0n) is 14.5. The summed E-state index contributed by atoms with van der Waals surface area (Å²) in [5, 5.41) is 12.5. The molecule has 2 N–H and O–H groups in total. The summed E-state index contributed by atoms with van der Waals surface area (Å²) in [6.07, 6.45) is 6.31. The van der Waals surface area contributed by atoms with Gasteiger partial charge in [0.15, 0.2) is 0 Å². The van der Waals surface area contributed by atoms with Crippen LogP contribution in [0.5, 0.6) is 0 Å². The Balaban J connectivity index is 1.44. The Bertz CT molecular complexity index is 665. The van der Waals surface area contributed by atoms with Gasteiger partial charge in [-0.15, -0.1) is 0 Å². The number of rotatable bonds is 5. The van der Waals surface area contributed by atoms with Crippen molar-refractivity contribution in [3.63, 3.8) is 0 Å². The number of carboxylic acids is 1. The predicted octanol–water partition coefficient (Wildman–Crippen LogP) is 2.55. The Morgan fingerprint density at radius 2 is 1.80 bits per heavy atom. The van der Waals surface area contributed by atoms with E-state index in [1.165, 1.54) is 24.8 Å². The Morgan fingerprint density at radius 1 is 1.12 bits per heavy atom. The second-order valence-electron chi connectivity index (χ2n) is 8.06. The van der Waals surface area contributed by atoms with Crippen molar-refractivity contribution in [1.29, 1.82) is 0 Å². The molecule has 134 valence electrons. The number of carbonyl (C=O) groups is 2. The zero-order chi connectivity index (χ0) is 17.5. The maximum Gasteiger partial charge on any atom is 0.319 e. The monoisotopic (exact) mass is 342 g/mol. The van der Waals surface area contributed by atoms with E-state index >= 15 is 0 Å². The van der Waals surface area contributed by atoms with Gasteiger partial charge in [0, 0.05) is 24.7 Å². The van der Waals surface area contributed by atoms with Gasteiger partial charge < -0.3 is 10.4 Å². The number of amides is 1. The molecule has 1 amide bonds. The molecule has 5 heteroatoms. The first-order valence-corrected chi connectivity index (χ1v) is 9.38. The Labute approximate surface area is 148 Å². The Kier molecular flexibility index (Phi) is 4.07. The third kappa shape index (κ3) is 2.74. The molecule has 4 rings (SSSR count). The van der Waals surface area contributed by atoms with Crippen LogP contribution < -0.4 is 5.32 Å². The van der Waals surface area contributed by atoms with Gasteiger partial charge in [0.25, 0.3) is 0 Å². The van der Waals surface area contributed by atoms with Gasteiger partial charge in [-0.3, -0.25) is 14.5 Å². The average Bonchev–Trinajstić information content (AvgIpc) is 2.85. The standard InChI is InChI=1S/C20H26N2O3/c23-17(20(18(24)25)10-5-11-20)21-16-12-19(8-4-9-19)22(14-16)13-15-6-2-1-3-7-15/h1-3,6-7,16H,4-5,8-14H2,(H,21,23)(H,24,25). The number of hydrogen-bond acceptors (Lipinski definition) is 3. The van der Waals surface area contributed by atoms with Gasteiger partial charge in [-0.1, -0.05) is 36.8 Å². The number of hydrogen-bond donors (Lipinski definition) is 2. The van der Waals surface area contributed by atoms with Crippen LogP contribution in [0.4, 0.5) is 0 Å². The van der Waals surface area contributed by atoms with E-state index in [2.05, 4.69) is 34.5 Å². The molecule has 1 saturated heterocycles. The van der Waals surface area contributed by atoms with Crippen molar-refractivity contribution in [3.05, 3.63) is 35.9 Å². The highest BCUT2D eigenvalue weighted by Crippen LogP contribution is 2.47. The van der Waals surface area contributed by atoms with Gasteiger partial charge >= 0.3 is 5.97 Å². The fourth-order valence-electron chi connectivity index (χ4n) is 4.74. The fraction of sp³-hybridized carbons (Fsp3) is 0.600. The SMILES string of the molecule is O=C(O)C1(C(=O)NC2CN(Cc3ccccc3)C3(CCC3)C2)CCC1. The smallest absolute Gasteiger partial charge is 0.319 e. The fourth-order valence-corrected chi connectivity index (χ4v) is 4.74. The minimum absolute atomic E-state index is 0.0633. The molecular formula is C20H26N2O3. The van der Waals surface area contributed by atoms with Crippen LogP contribution in [0.2, 0.25) is 0 Å². The number of nitrogens with one attached hydrogen (secondary N) is 1. The van der Waals surface area contributed by atoms with E-state index in [-0.39, 0.29) is 17.5 Å². The van der Waals surface area contributed by atoms with Crippen LogP contribution in [0.3, 0.4) is 0 Å². The van der Waals surface area contributed by atoms with Crippen LogP contribution in [0, 0.1) is 5.41 Å². The first kappa shape index (κ1) is 16.6. The summed E-state index contributed by atoms with van der Waals surface area (Å²) in [7, 11) is 0. The highest BCUT2D eigenvalue weighted by Gasteiger charge is 2.54. The molecule has 1 aliphatic heterocycles. The predicted molar refractivity (Wildman–Crippen MR) is 93.9 cm³/mol. The summed E-state index contributed by atoms with van der Waals surface area (Å²) < 4.78 is 0. The summed E-state index contributed by atoms with van der Waals surface area (Å²) in [5.41, 5.74) is 0.324. The molecule has 5 nitrogen and oxygen atoms in total. The maximum atomic E-state index is 12.6. The van der Waals surface area contributed by atoms with Crippen LogP contribution >= 0.6 is 0 Å². The van der Waals surface area contributed by atoms with Crippen molar-refractivity contribution in [3.8, 4) is 0 Å². The summed E-state index contributed by atoms with van der Waals surface area (Å²) in [6, 6.07) is 10.5. The number of benzene rings is 1. The van der Waals surface area contributed by atoms with Crippen LogP contribution in [-0.2, 0) is 16.1 Å². The summed E-state index contributed by atoms with van der Waals surface area (Å²) in [4.78, 5) is 26.7. The van der Waals surface area contributed by atoms with Crippen molar-refractivity contribution in [2.45, 2.75) is 63.1 Å². The lowest BCUT2D eigenvalue weighted by molar-refractivity contribution is -0.162. The Morgan fingerprint density at radius 3 is 2.32 bits per heavy atom. The first-order valence-electron chi connectivity index (χ1n) is 9.38. The van der Waals surface area contributed by atoms with Crippen LogP contribution in [0.25, 0.3) is 0 Å². The third-order valence-electron chi connectivity index (χ3n) is 6.62. The maximum absolute atomic E-state index is 12.6. The van der Waals surface area contributed by atoms with Gasteiger partial charge in [0.2, 0.25) is 5.91 Å².